The van der Waals surface area contributed by atoms with E-state index in [4.69, 9.17) is 4.74 Å². The average molecular weight is 330 g/mol. The summed E-state index contributed by atoms with van der Waals surface area (Å²) < 4.78 is 4.94. The lowest BCUT2D eigenvalue weighted by atomic mass is 9.46. The summed E-state index contributed by atoms with van der Waals surface area (Å²) in [6.07, 6.45) is 9.21. The lowest BCUT2D eigenvalue weighted by Gasteiger charge is -2.58. The van der Waals surface area contributed by atoms with Gasteiger partial charge in [0.2, 0.25) is 0 Å². The van der Waals surface area contributed by atoms with Crippen LogP contribution in [-0.2, 0) is 14.3 Å². The quantitative estimate of drug-likeness (QED) is 0.491. The summed E-state index contributed by atoms with van der Waals surface area (Å²) in [6.45, 7) is 8.67. The number of fused-ring (bicyclic) bond motifs is 1. The fraction of sp³-hybridized carbons (Fsp3) is 0.600. The lowest BCUT2D eigenvalue weighted by molar-refractivity contribution is -0.149. The number of esters is 1. The Morgan fingerprint density at radius 1 is 1.38 bits per heavy atom. The van der Waals surface area contributed by atoms with Gasteiger partial charge in [0.05, 0.1) is 17.1 Å². The van der Waals surface area contributed by atoms with E-state index in [1.165, 1.54) is 0 Å². The Labute approximate surface area is 143 Å². The van der Waals surface area contributed by atoms with Crippen molar-refractivity contribution < 1.29 is 19.4 Å². The van der Waals surface area contributed by atoms with Crippen LogP contribution in [0.5, 0.6) is 0 Å². The van der Waals surface area contributed by atoms with E-state index in [0.29, 0.717) is 18.6 Å². The first-order chi connectivity index (χ1) is 11.3. The Hall–Kier alpha value is -1.68. The van der Waals surface area contributed by atoms with Crippen LogP contribution in [0.15, 0.2) is 36.0 Å². The van der Waals surface area contributed by atoms with Crippen LogP contribution in [0, 0.1) is 22.7 Å². The molecule has 4 nitrogen and oxygen atoms in total. The number of hydrogen-bond acceptors (Lipinski definition) is 4. The molecule has 0 amide bonds. The molecule has 1 aliphatic heterocycles. The summed E-state index contributed by atoms with van der Waals surface area (Å²) in [4.78, 5) is 23.5. The molecule has 4 heteroatoms. The summed E-state index contributed by atoms with van der Waals surface area (Å²) in [5.41, 5.74) is 0.874. The number of carbonyl (C=O) groups is 2. The van der Waals surface area contributed by atoms with Gasteiger partial charge in [-0.15, -0.1) is 0 Å². The molecule has 24 heavy (non-hydrogen) atoms. The highest BCUT2D eigenvalue weighted by Crippen LogP contribution is 2.60. The normalized spacial score (nSPS) is 42.6. The second kappa shape index (κ2) is 5.99. The van der Waals surface area contributed by atoms with Gasteiger partial charge in [-0.3, -0.25) is 0 Å². The van der Waals surface area contributed by atoms with Crippen molar-refractivity contribution >= 4 is 12.3 Å². The topological polar surface area (TPSA) is 63.6 Å². The second-order valence-corrected chi connectivity index (χ2v) is 7.89. The number of ether oxygens (including phenoxy) is 1. The van der Waals surface area contributed by atoms with Gasteiger partial charge in [-0.2, -0.15) is 0 Å². The first-order valence-corrected chi connectivity index (χ1v) is 8.70. The average Bonchev–Trinajstić information content (AvgIpc) is 2.96. The molecule has 2 aliphatic carbocycles. The van der Waals surface area contributed by atoms with Gasteiger partial charge in [-0.1, -0.05) is 38.2 Å². The predicted molar refractivity (Wildman–Crippen MR) is 91.1 cm³/mol. The van der Waals surface area contributed by atoms with Gasteiger partial charge >= 0.3 is 5.97 Å². The molecule has 1 N–H and O–H groups in total. The summed E-state index contributed by atoms with van der Waals surface area (Å²) in [5, 5.41) is 10.4. The minimum Gasteiger partial charge on any atom is -0.458 e. The predicted octanol–water partition coefficient (Wildman–Crippen LogP) is 2.97. The van der Waals surface area contributed by atoms with Crippen LogP contribution in [0.4, 0.5) is 0 Å². The Morgan fingerprint density at radius 3 is 2.75 bits per heavy atom. The molecular weight excluding hydrogens is 304 g/mol. The van der Waals surface area contributed by atoms with Crippen molar-refractivity contribution in [2.75, 3.05) is 6.61 Å². The maximum absolute atomic E-state index is 11.8. The van der Waals surface area contributed by atoms with Crippen molar-refractivity contribution in [1.29, 1.82) is 0 Å². The van der Waals surface area contributed by atoms with E-state index in [1.54, 1.807) is 6.08 Å². The summed E-state index contributed by atoms with van der Waals surface area (Å²) in [7, 11) is 0. The molecule has 0 aromatic carbocycles. The zero-order valence-corrected chi connectivity index (χ0v) is 14.5. The van der Waals surface area contributed by atoms with E-state index in [0.717, 1.165) is 31.1 Å². The highest BCUT2D eigenvalue weighted by molar-refractivity contribution is 5.93. The number of aldehydes is 1. The molecule has 0 aromatic heterocycles. The number of allylic oxidation sites excluding steroid dienone is 2. The summed E-state index contributed by atoms with van der Waals surface area (Å²) in [5.74, 6) is -0.0839. The molecule has 3 aliphatic rings. The van der Waals surface area contributed by atoms with Crippen LogP contribution < -0.4 is 0 Å². The van der Waals surface area contributed by atoms with Gasteiger partial charge in [0, 0.05) is 5.92 Å². The van der Waals surface area contributed by atoms with Crippen molar-refractivity contribution in [3.05, 3.63) is 36.0 Å². The van der Waals surface area contributed by atoms with Gasteiger partial charge in [0.25, 0.3) is 0 Å². The van der Waals surface area contributed by atoms with Crippen LogP contribution in [0.2, 0.25) is 0 Å². The third-order valence-corrected chi connectivity index (χ3v) is 6.60. The minimum atomic E-state index is -0.717. The van der Waals surface area contributed by atoms with E-state index < -0.39 is 11.5 Å². The fourth-order valence-corrected chi connectivity index (χ4v) is 5.07. The molecule has 1 heterocycles. The van der Waals surface area contributed by atoms with E-state index in [2.05, 4.69) is 19.6 Å². The molecule has 2 fully saturated rings. The molecule has 0 bridgehead atoms. The third-order valence-electron chi connectivity index (χ3n) is 6.60. The van der Waals surface area contributed by atoms with Crippen LogP contribution in [0.3, 0.4) is 0 Å². The van der Waals surface area contributed by atoms with Crippen LogP contribution in [0.1, 0.15) is 39.5 Å². The first-order valence-electron chi connectivity index (χ1n) is 8.70. The maximum atomic E-state index is 11.8. The number of cyclic esters (lactones) is 1. The molecule has 2 saturated carbocycles. The number of rotatable bonds is 3. The maximum Gasteiger partial charge on any atom is 0.338 e. The molecule has 1 unspecified atom stereocenters. The summed E-state index contributed by atoms with van der Waals surface area (Å²) >= 11 is 0. The molecule has 0 spiro atoms. The van der Waals surface area contributed by atoms with Crippen LogP contribution >= 0.6 is 0 Å². The van der Waals surface area contributed by atoms with Crippen molar-refractivity contribution in [2.45, 2.75) is 45.6 Å². The standard InChI is InChI=1S/C20H26O4/c1-13-4-7-16-19(2,10-8-17(22)20(16,3)12-21)15(13)6-5-14-9-11-24-18(14)23/h5-6,9,12,15-17,22H,1,4,7-8,10-11H2,2-3H3/t15-,16?,17-,19-,20+/m1/s1. The SMILES string of the molecule is C=C1CCC2[C@](C)(C=O)[C@H](O)CC[C@]2(C)[C@@H]1C=CC1=CCOC1=O. The number of aliphatic hydroxyl groups is 1. The van der Waals surface area contributed by atoms with Crippen molar-refractivity contribution in [3.63, 3.8) is 0 Å². The fourth-order valence-electron chi connectivity index (χ4n) is 5.07. The number of hydrogen-bond donors (Lipinski definition) is 1. The van der Waals surface area contributed by atoms with Gasteiger partial charge in [-0.05, 0) is 43.1 Å². The monoisotopic (exact) mass is 330 g/mol. The van der Waals surface area contributed by atoms with E-state index in [1.807, 2.05) is 13.0 Å². The Morgan fingerprint density at radius 2 is 2.12 bits per heavy atom. The smallest absolute Gasteiger partial charge is 0.338 e. The zero-order valence-electron chi connectivity index (χ0n) is 14.5. The highest BCUT2D eigenvalue weighted by atomic mass is 16.5. The second-order valence-electron chi connectivity index (χ2n) is 7.89. The highest BCUT2D eigenvalue weighted by Gasteiger charge is 2.57. The molecule has 5 atom stereocenters. The van der Waals surface area contributed by atoms with Gasteiger partial charge in [0.15, 0.2) is 0 Å². The molecule has 0 saturated heterocycles. The molecule has 3 rings (SSSR count). The van der Waals surface area contributed by atoms with E-state index in [-0.39, 0.29) is 23.2 Å². The summed E-state index contributed by atoms with van der Waals surface area (Å²) in [6, 6.07) is 0. The number of carbonyl (C=O) groups excluding carboxylic acids is 2. The van der Waals surface area contributed by atoms with Gasteiger partial charge in [-0.25, -0.2) is 4.79 Å². The van der Waals surface area contributed by atoms with Crippen LogP contribution in [-0.4, -0.2) is 30.1 Å². The van der Waals surface area contributed by atoms with Crippen molar-refractivity contribution in [3.8, 4) is 0 Å². The molecule has 130 valence electrons. The van der Waals surface area contributed by atoms with E-state index >= 15 is 0 Å². The van der Waals surface area contributed by atoms with Crippen molar-refractivity contribution in [1.82, 2.24) is 0 Å². The third kappa shape index (κ3) is 2.48. The van der Waals surface area contributed by atoms with Crippen molar-refractivity contribution in [2.24, 2.45) is 22.7 Å². The van der Waals surface area contributed by atoms with Crippen LogP contribution in [0.25, 0.3) is 0 Å². The molecule has 0 aromatic rings. The van der Waals surface area contributed by atoms with Gasteiger partial charge in [0.1, 0.15) is 12.9 Å². The lowest BCUT2D eigenvalue weighted by Crippen LogP contribution is -2.56. The molecular formula is C20H26O4. The zero-order chi connectivity index (χ0) is 17.5. The minimum absolute atomic E-state index is 0.0947. The Balaban J connectivity index is 1.94. The van der Waals surface area contributed by atoms with E-state index in [9.17, 15) is 14.7 Å². The molecule has 0 radical (unpaired) electrons. The largest absolute Gasteiger partial charge is 0.458 e. The Kier molecular flexibility index (Phi) is 4.28. The van der Waals surface area contributed by atoms with Gasteiger partial charge < -0.3 is 14.6 Å². The number of aliphatic hydroxyl groups excluding tert-OH is 1. The Bertz CT molecular complexity index is 632. The first kappa shape index (κ1) is 17.2.